The van der Waals surface area contributed by atoms with Gasteiger partial charge in [-0.3, -0.25) is 4.79 Å². The molecule has 2 aromatic carbocycles. The van der Waals surface area contributed by atoms with Crippen LogP contribution in [0.1, 0.15) is 48.0 Å². The Kier molecular flexibility index (Phi) is 6.65. The monoisotopic (exact) mass is 398 g/mol. The maximum absolute atomic E-state index is 12.6. The molecule has 2 N–H and O–H groups in total. The molecular weight excluding hydrogens is 372 g/mol. The Morgan fingerprint density at radius 2 is 1.86 bits per heavy atom. The maximum Gasteiger partial charge on any atom is 0.255 e. The second-order valence-electron chi connectivity index (χ2n) is 7.05. The summed E-state index contributed by atoms with van der Waals surface area (Å²) in [4.78, 5) is 12.5. The lowest BCUT2D eigenvalue weighted by molar-refractivity contribution is 0.102. The van der Waals surface area contributed by atoms with Crippen LogP contribution in [0.2, 0.25) is 0 Å². The Morgan fingerprint density at radius 1 is 1.07 bits per heavy atom. The quantitative estimate of drug-likeness (QED) is 0.678. The van der Waals surface area contributed by atoms with Gasteiger partial charge < -0.3 is 5.32 Å². The van der Waals surface area contributed by atoms with Crippen LogP contribution in [-0.2, 0) is 10.0 Å². The van der Waals surface area contributed by atoms with Crippen molar-refractivity contribution in [2.24, 2.45) is 0 Å². The van der Waals surface area contributed by atoms with Crippen molar-refractivity contribution in [1.82, 2.24) is 4.72 Å². The number of anilines is 1. The molecule has 1 aliphatic carbocycles. The van der Waals surface area contributed by atoms with E-state index in [1.54, 1.807) is 43.3 Å². The van der Waals surface area contributed by atoms with Gasteiger partial charge in [0.2, 0.25) is 10.0 Å². The average Bonchev–Trinajstić information content (AvgIpc) is 2.70. The first-order chi connectivity index (χ1) is 13.5. The minimum Gasteiger partial charge on any atom is -0.322 e. The minimum absolute atomic E-state index is 0.209. The lowest BCUT2D eigenvalue weighted by Gasteiger charge is -2.14. The van der Waals surface area contributed by atoms with E-state index in [9.17, 15) is 13.2 Å². The second kappa shape index (κ2) is 9.17. The van der Waals surface area contributed by atoms with E-state index in [-0.39, 0.29) is 10.8 Å². The number of nitrogens with one attached hydrogen (secondary N) is 2. The zero-order valence-corrected chi connectivity index (χ0v) is 16.9. The summed E-state index contributed by atoms with van der Waals surface area (Å²) in [6, 6.07) is 13.6. The van der Waals surface area contributed by atoms with Crippen LogP contribution in [-0.4, -0.2) is 20.9 Å². The van der Waals surface area contributed by atoms with E-state index in [2.05, 4.69) is 16.1 Å². The normalized spacial score (nSPS) is 14.4. The first kappa shape index (κ1) is 20.3. The Labute approximate surface area is 166 Å². The zero-order valence-electron chi connectivity index (χ0n) is 16.1. The number of aryl methyl sites for hydroxylation is 1. The molecule has 28 heavy (non-hydrogen) atoms. The van der Waals surface area contributed by atoms with Crippen LogP contribution in [0.4, 0.5) is 5.69 Å². The lowest BCUT2D eigenvalue weighted by Crippen LogP contribution is -2.25. The van der Waals surface area contributed by atoms with Gasteiger partial charge >= 0.3 is 0 Å². The molecule has 0 bridgehead atoms. The van der Waals surface area contributed by atoms with Crippen molar-refractivity contribution in [3.8, 4) is 0 Å². The van der Waals surface area contributed by atoms with E-state index in [0.29, 0.717) is 23.4 Å². The molecule has 0 aliphatic heterocycles. The van der Waals surface area contributed by atoms with Crippen molar-refractivity contribution < 1.29 is 13.2 Å². The zero-order chi connectivity index (χ0) is 20.0. The lowest BCUT2D eigenvalue weighted by atomic mass is 9.97. The van der Waals surface area contributed by atoms with Crippen molar-refractivity contribution in [2.75, 3.05) is 11.9 Å². The highest BCUT2D eigenvalue weighted by molar-refractivity contribution is 7.89. The number of carbonyl (C=O) groups is 1. The molecule has 0 atom stereocenters. The molecule has 0 fully saturated rings. The highest BCUT2D eigenvalue weighted by Crippen LogP contribution is 2.22. The predicted molar refractivity (Wildman–Crippen MR) is 112 cm³/mol. The van der Waals surface area contributed by atoms with E-state index in [4.69, 9.17) is 0 Å². The summed E-state index contributed by atoms with van der Waals surface area (Å²) in [5, 5.41) is 2.83. The first-order valence-corrected chi connectivity index (χ1v) is 11.1. The molecule has 0 radical (unpaired) electrons. The van der Waals surface area contributed by atoms with Crippen molar-refractivity contribution >= 4 is 21.6 Å². The second-order valence-corrected chi connectivity index (χ2v) is 8.82. The van der Waals surface area contributed by atoms with Gasteiger partial charge in [0, 0.05) is 17.8 Å². The number of rotatable bonds is 7. The summed E-state index contributed by atoms with van der Waals surface area (Å²) < 4.78 is 27.8. The van der Waals surface area contributed by atoms with Gasteiger partial charge in [0.15, 0.2) is 0 Å². The molecule has 0 heterocycles. The summed E-state index contributed by atoms with van der Waals surface area (Å²) in [5.74, 6) is -0.224. The largest absolute Gasteiger partial charge is 0.322 e. The van der Waals surface area contributed by atoms with Gasteiger partial charge in [-0.25, -0.2) is 13.1 Å². The molecular formula is C22H26N2O3S. The molecule has 148 valence electrons. The van der Waals surface area contributed by atoms with Gasteiger partial charge in [0.25, 0.3) is 5.91 Å². The molecule has 2 aromatic rings. The van der Waals surface area contributed by atoms with E-state index < -0.39 is 10.0 Å². The molecule has 0 saturated carbocycles. The van der Waals surface area contributed by atoms with E-state index in [1.165, 1.54) is 24.5 Å². The Hall–Kier alpha value is -2.44. The highest BCUT2D eigenvalue weighted by atomic mass is 32.2. The number of sulfonamides is 1. The third-order valence-electron chi connectivity index (χ3n) is 4.92. The fourth-order valence-corrected chi connectivity index (χ4v) is 4.41. The maximum atomic E-state index is 12.6. The Balaban J connectivity index is 1.63. The van der Waals surface area contributed by atoms with E-state index in [1.807, 2.05) is 6.07 Å². The molecule has 0 aromatic heterocycles. The smallest absolute Gasteiger partial charge is 0.255 e. The first-order valence-electron chi connectivity index (χ1n) is 9.60. The third kappa shape index (κ3) is 5.30. The Bertz CT molecular complexity index is 967. The van der Waals surface area contributed by atoms with Crippen LogP contribution in [0.25, 0.3) is 0 Å². The van der Waals surface area contributed by atoms with Crippen LogP contribution < -0.4 is 10.0 Å². The molecule has 0 unspecified atom stereocenters. The number of allylic oxidation sites excluding steroid dienone is 1. The number of hydrogen-bond donors (Lipinski definition) is 2. The van der Waals surface area contributed by atoms with Crippen LogP contribution in [0.15, 0.2) is 65.1 Å². The summed E-state index contributed by atoms with van der Waals surface area (Å²) in [5.41, 5.74) is 3.18. The molecule has 1 aliphatic rings. The number of hydrogen-bond acceptors (Lipinski definition) is 3. The van der Waals surface area contributed by atoms with Crippen LogP contribution in [0.5, 0.6) is 0 Å². The highest BCUT2D eigenvalue weighted by Gasteiger charge is 2.16. The van der Waals surface area contributed by atoms with Gasteiger partial charge in [-0.15, -0.1) is 0 Å². The van der Waals surface area contributed by atoms with Crippen molar-refractivity contribution in [3.05, 3.63) is 71.3 Å². The summed E-state index contributed by atoms with van der Waals surface area (Å²) in [7, 11) is -3.57. The number of amides is 1. The van der Waals surface area contributed by atoms with Gasteiger partial charge in [-0.1, -0.05) is 29.8 Å². The molecule has 0 saturated heterocycles. The summed E-state index contributed by atoms with van der Waals surface area (Å²) >= 11 is 0. The topological polar surface area (TPSA) is 75.3 Å². The van der Waals surface area contributed by atoms with Gasteiger partial charge in [-0.05, 0) is 74.9 Å². The number of carbonyl (C=O) groups excluding carboxylic acids is 1. The van der Waals surface area contributed by atoms with Gasteiger partial charge in [0.05, 0.1) is 4.90 Å². The molecule has 3 rings (SSSR count). The fourth-order valence-electron chi connectivity index (χ4n) is 3.29. The van der Waals surface area contributed by atoms with E-state index >= 15 is 0 Å². The fraction of sp³-hybridized carbons (Fsp3) is 0.318. The van der Waals surface area contributed by atoms with Crippen molar-refractivity contribution in [2.45, 2.75) is 43.9 Å². The van der Waals surface area contributed by atoms with Crippen molar-refractivity contribution in [3.63, 3.8) is 0 Å². The van der Waals surface area contributed by atoms with Crippen LogP contribution in [0, 0.1) is 6.92 Å². The van der Waals surface area contributed by atoms with Gasteiger partial charge in [0.1, 0.15) is 0 Å². The van der Waals surface area contributed by atoms with Gasteiger partial charge in [-0.2, -0.15) is 0 Å². The standard InChI is InChI=1S/C22H26N2O3S/c1-17-16-20(28(26,27)23-15-14-18-8-4-2-5-9-18)12-13-21(17)24-22(25)19-10-6-3-7-11-19/h3,6-8,10-13,16,23H,2,4-5,9,14-15H2,1H3,(H,24,25). The summed E-state index contributed by atoms with van der Waals surface area (Å²) in [6.07, 6.45) is 7.55. The van der Waals surface area contributed by atoms with Crippen LogP contribution >= 0.6 is 0 Å². The molecule has 1 amide bonds. The summed E-state index contributed by atoms with van der Waals surface area (Å²) in [6.45, 7) is 2.19. The average molecular weight is 399 g/mol. The predicted octanol–water partition coefficient (Wildman–Crippen LogP) is 4.42. The molecule has 6 heteroatoms. The van der Waals surface area contributed by atoms with Crippen molar-refractivity contribution in [1.29, 1.82) is 0 Å². The Morgan fingerprint density at radius 3 is 2.54 bits per heavy atom. The van der Waals surface area contributed by atoms with Crippen LogP contribution in [0.3, 0.4) is 0 Å². The molecule has 5 nitrogen and oxygen atoms in total. The molecule has 0 spiro atoms. The third-order valence-corrected chi connectivity index (χ3v) is 6.37. The minimum atomic E-state index is -3.57. The number of benzene rings is 2. The van der Waals surface area contributed by atoms with E-state index in [0.717, 1.165) is 19.3 Å². The SMILES string of the molecule is Cc1cc(S(=O)(=O)NCCC2=CCCCC2)ccc1NC(=O)c1ccccc1.